The summed E-state index contributed by atoms with van der Waals surface area (Å²) >= 11 is 6.07. The number of hydrogen-bond donors (Lipinski definition) is 0. The molecule has 122 valence electrons. The first kappa shape index (κ1) is 16.0. The van der Waals surface area contributed by atoms with E-state index in [0.717, 1.165) is 0 Å². The molecule has 1 aliphatic carbocycles. The van der Waals surface area contributed by atoms with Gasteiger partial charge in [-0.05, 0) is 31.4 Å². The highest BCUT2D eigenvalue weighted by molar-refractivity contribution is 7.92. The standard InChI is InChI=1S/C14H20ClN3O3S/c1-3-22(19,20)14(4-5-14)11-8-12(17-13(15)16-11)18-6-7-21-9-10(18)2/h8,10H,3-7,9H2,1-2H3/t10-/m1/s1. The molecule has 3 rings (SSSR count). The Morgan fingerprint density at radius 1 is 1.45 bits per heavy atom. The zero-order valence-corrected chi connectivity index (χ0v) is 14.3. The SMILES string of the molecule is CCS(=O)(=O)C1(c2cc(N3CCOC[C@H]3C)nc(Cl)n2)CC1. The third kappa shape index (κ3) is 2.59. The van der Waals surface area contributed by atoms with Crippen molar-refractivity contribution >= 4 is 27.3 Å². The zero-order valence-electron chi connectivity index (χ0n) is 12.7. The highest BCUT2D eigenvalue weighted by Crippen LogP contribution is 2.53. The van der Waals surface area contributed by atoms with E-state index in [2.05, 4.69) is 14.9 Å². The van der Waals surface area contributed by atoms with E-state index in [1.54, 1.807) is 13.0 Å². The van der Waals surface area contributed by atoms with Crippen LogP contribution in [0.2, 0.25) is 5.28 Å². The van der Waals surface area contributed by atoms with Crippen LogP contribution < -0.4 is 4.90 Å². The van der Waals surface area contributed by atoms with E-state index >= 15 is 0 Å². The van der Waals surface area contributed by atoms with Gasteiger partial charge in [0, 0.05) is 18.4 Å². The number of aromatic nitrogens is 2. The van der Waals surface area contributed by atoms with Gasteiger partial charge in [-0.1, -0.05) is 6.92 Å². The number of nitrogens with zero attached hydrogens (tertiary/aromatic N) is 3. The van der Waals surface area contributed by atoms with Crippen molar-refractivity contribution in [2.45, 2.75) is 37.5 Å². The fourth-order valence-corrected chi connectivity index (χ4v) is 4.85. The van der Waals surface area contributed by atoms with Crippen molar-refractivity contribution in [3.63, 3.8) is 0 Å². The van der Waals surface area contributed by atoms with Crippen LogP contribution in [0.1, 0.15) is 32.4 Å². The van der Waals surface area contributed by atoms with E-state index in [1.807, 2.05) is 6.92 Å². The Labute approximate surface area is 135 Å². The molecule has 0 radical (unpaired) electrons. The Hall–Kier alpha value is -0.920. The van der Waals surface area contributed by atoms with Crippen LogP contribution in [0.25, 0.3) is 0 Å². The van der Waals surface area contributed by atoms with Crippen molar-refractivity contribution in [2.24, 2.45) is 0 Å². The van der Waals surface area contributed by atoms with Crippen molar-refractivity contribution in [3.8, 4) is 0 Å². The van der Waals surface area contributed by atoms with Crippen LogP contribution in [0.5, 0.6) is 0 Å². The molecule has 0 amide bonds. The summed E-state index contributed by atoms with van der Waals surface area (Å²) in [6.07, 6.45) is 1.21. The maximum absolute atomic E-state index is 12.4. The summed E-state index contributed by atoms with van der Waals surface area (Å²) in [5.41, 5.74) is 0.531. The Morgan fingerprint density at radius 3 is 2.77 bits per heavy atom. The van der Waals surface area contributed by atoms with Crippen LogP contribution in [0.4, 0.5) is 5.82 Å². The number of hydrogen-bond acceptors (Lipinski definition) is 6. The van der Waals surface area contributed by atoms with Crippen molar-refractivity contribution in [2.75, 3.05) is 30.4 Å². The second kappa shape index (κ2) is 5.62. The first-order valence-electron chi connectivity index (χ1n) is 7.51. The molecule has 1 saturated heterocycles. The summed E-state index contributed by atoms with van der Waals surface area (Å²) in [7, 11) is -3.21. The van der Waals surface area contributed by atoms with E-state index in [0.29, 0.717) is 44.1 Å². The fourth-order valence-electron chi connectivity index (χ4n) is 2.97. The molecule has 0 N–H and O–H groups in total. The van der Waals surface area contributed by atoms with Gasteiger partial charge in [0.05, 0.1) is 24.9 Å². The average molecular weight is 346 g/mol. The van der Waals surface area contributed by atoms with E-state index in [4.69, 9.17) is 16.3 Å². The number of morpholine rings is 1. The monoisotopic (exact) mass is 345 g/mol. The molecule has 6 nitrogen and oxygen atoms in total. The Kier molecular flexibility index (Phi) is 4.07. The van der Waals surface area contributed by atoms with Crippen molar-refractivity contribution in [1.82, 2.24) is 9.97 Å². The highest BCUT2D eigenvalue weighted by Gasteiger charge is 2.56. The van der Waals surface area contributed by atoms with Crippen molar-refractivity contribution < 1.29 is 13.2 Å². The van der Waals surface area contributed by atoms with Crippen LogP contribution in [0.3, 0.4) is 0 Å². The van der Waals surface area contributed by atoms with Gasteiger partial charge in [-0.25, -0.2) is 18.4 Å². The molecule has 0 aromatic carbocycles. The van der Waals surface area contributed by atoms with Crippen LogP contribution in [0, 0.1) is 0 Å². The van der Waals surface area contributed by atoms with Gasteiger partial charge in [0.15, 0.2) is 9.84 Å². The molecule has 0 unspecified atom stereocenters. The number of sulfone groups is 1. The normalized spacial score (nSPS) is 24.3. The third-order valence-electron chi connectivity index (χ3n) is 4.49. The maximum Gasteiger partial charge on any atom is 0.224 e. The van der Waals surface area contributed by atoms with Gasteiger partial charge in [-0.15, -0.1) is 0 Å². The lowest BCUT2D eigenvalue weighted by molar-refractivity contribution is 0.0985. The molecule has 2 aliphatic rings. The molecule has 22 heavy (non-hydrogen) atoms. The molecule has 1 aliphatic heterocycles. The van der Waals surface area contributed by atoms with Gasteiger partial charge in [0.2, 0.25) is 5.28 Å². The minimum Gasteiger partial charge on any atom is -0.377 e. The molecule has 1 atom stereocenters. The molecule has 1 aromatic heterocycles. The second-order valence-corrected chi connectivity index (χ2v) is 8.82. The smallest absolute Gasteiger partial charge is 0.224 e. The van der Waals surface area contributed by atoms with Gasteiger partial charge < -0.3 is 9.64 Å². The van der Waals surface area contributed by atoms with Gasteiger partial charge in [0.1, 0.15) is 10.6 Å². The number of rotatable bonds is 4. The number of halogens is 1. The topological polar surface area (TPSA) is 72.4 Å². The Balaban J connectivity index is 2.01. The lowest BCUT2D eigenvalue weighted by atomic mass is 10.2. The lowest BCUT2D eigenvalue weighted by Gasteiger charge is -2.34. The molecule has 1 saturated carbocycles. The lowest BCUT2D eigenvalue weighted by Crippen LogP contribution is -2.44. The largest absolute Gasteiger partial charge is 0.377 e. The summed E-state index contributed by atoms with van der Waals surface area (Å²) in [5, 5.41) is 0.101. The van der Waals surface area contributed by atoms with E-state index in [1.165, 1.54) is 0 Å². The summed E-state index contributed by atoms with van der Waals surface area (Å²) in [4.78, 5) is 10.6. The zero-order chi connectivity index (χ0) is 16.0. The fraction of sp³-hybridized carbons (Fsp3) is 0.714. The number of anilines is 1. The van der Waals surface area contributed by atoms with Crippen molar-refractivity contribution in [3.05, 3.63) is 17.0 Å². The van der Waals surface area contributed by atoms with Crippen LogP contribution in [-0.4, -0.2) is 49.9 Å². The van der Waals surface area contributed by atoms with Gasteiger partial charge in [-0.3, -0.25) is 0 Å². The molecule has 0 bridgehead atoms. The van der Waals surface area contributed by atoms with Crippen LogP contribution >= 0.6 is 11.6 Å². The number of ether oxygens (including phenoxy) is 1. The predicted molar refractivity (Wildman–Crippen MR) is 85.0 cm³/mol. The van der Waals surface area contributed by atoms with Crippen molar-refractivity contribution in [1.29, 1.82) is 0 Å². The van der Waals surface area contributed by atoms with Gasteiger partial charge in [0.25, 0.3) is 0 Å². The molecule has 0 spiro atoms. The summed E-state index contributed by atoms with van der Waals surface area (Å²) < 4.78 is 29.4. The highest BCUT2D eigenvalue weighted by atomic mass is 35.5. The molecule has 1 aromatic rings. The molecule has 2 fully saturated rings. The quantitative estimate of drug-likeness (QED) is 0.774. The van der Waals surface area contributed by atoms with Crippen LogP contribution in [0.15, 0.2) is 6.07 Å². The molecule has 8 heteroatoms. The first-order chi connectivity index (χ1) is 10.4. The van der Waals surface area contributed by atoms with E-state index in [9.17, 15) is 8.42 Å². The van der Waals surface area contributed by atoms with Crippen LogP contribution in [-0.2, 0) is 19.3 Å². The Bertz CT molecular complexity index is 676. The molecule has 2 heterocycles. The summed E-state index contributed by atoms with van der Waals surface area (Å²) in [6, 6.07) is 1.96. The predicted octanol–water partition coefficient (Wildman–Crippen LogP) is 1.78. The molecular weight excluding hydrogens is 326 g/mol. The minimum absolute atomic E-state index is 0.101. The summed E-state index contributed by atoms with van der Waals surface area (Å²) in [6.45, 7) is 5.67. The van der Waals surface area contributed by atoms with Gasteiger partial charge in [-0.2, -0.15) is 0 Å². The average Bonchev–Trinajstić information content (AvgIpc) is 3.29. The Morgan fingerprint density at radius 2 is 2.18 bits per heavy atom. The van der Waals surface area contributed by atoms with E-state index in [-0.39, 0.29) is 17.1 Å². The summed E-state index contributed by atoms with van der Waals surface area (Å²) in [5.74, 6) is 0.793. The first-order valence-corrected chi connectivity index (χ1v) is 9.54. The third-order valence-corrected chi connectivity index (χ3v) is 7.23. The second-order valence-electron chi connectivity index (χ2n) is 5.90. The van der Waals surface area contributed by atoms with Gasteiger partial charge >= 0.3 is 0 Å². The molecular formula is C14H20ClN3O3S. The van der Waals surface area contributed by atoms with E-state index < -0.39 is 14.6 Å². The maximum atomic E-state index is 12.4. The minimum atomic E-state index is -3.21.